The highest BCUT2D eigenvalue weighted by Gasteiger charge is 2.18. The zero-order valence-electron chi connectivity index (χ0n) is 15.2. The molecule has 0 aromatic heterocycles. The number of hydrogen-bond acceptors (Lipinski definition) is 2. The molecule has 0 atom stereocenters. The molecule has 3 aromatic rings. The number of nitrogens with zero attached hydrogens (tertiary/aromatic N) is 1. The molecule has 144 valence electrons. The van der Waals surface area contributed by atoms with Gasteiger partial charge in [-0.05, 0) is 64.6 Å². The highest BCUT2D eigenvalue weighted by molar-refractivity contribution is 14.1. The predicted molar refractivity (Wildman–Crippen MR) is 120 cm³/mol. The number of halogens is 1. The molecule has 0 saturated heterocycles. The second-order valence-corrected chi connectivity index (χ2v) is 9.44. The van der Waals surface area contributed by atoms with Gasteiger partial charge in [0.2, 0.25) is 15.7 Å². The Balaban J connectivity index is 1.85. The number of sulfonamides is 1. The smallest absolute Gasteiger partial charge is 0.371 e. The topological polar surface area (TPSA) is 71.6 Å². The van der Waals surface area contributed by atoms with E-state index in [1.807, 2.05) is 54.6 Å². The first-order valence-electron chi connectivity index (χ1n) is 8.53. The number of hydrogen-bond donors (Lipinski definition) is 2. The van der Waals surface area contributed by atoms with Crippen LogP contribution in [-0.2, 0) is 16.6 Å². The van der Waals surface area contributed by atoms with Gasteiger partial charge in [0.25, 0.3) is 0 Å². The van der Waals surface area contributed by atoms with E-state index in [0.717, 1.165) is 14.8 Å². The molecule has 0 aliphatic carbocycles. The summed E-state index contributed by atoms with van der Waals surface area (Å²) < 4.78 is 27.0. The van der Waals surface area contributed by atoms with Gasteiger partial charge in [0.15, 0.2) is 0 Å². The van der Waals surface area contributed by atoms with Crippen LogP contribution in [0.25, 0.3) is 0 Å². The second-order valence-electron chi connectivity index (χ2n) is 6.28. The Labute approximate surface area is 178 Å². The Morgan fingerprint density at radius 1 is 0.964 bits per heavy atom. The third-order valence-electron chi connectivity index (χ3n) is 4.11. The van der Waals surface area contributed by atoms with Crippen molar-refractivity contribution >= 4 is 49.9 Å². The van der Waals surface area contributed by atoms with Crippen molar-refractivity contribution in [3.63, 3.8) is 0 Å². The standard InChI is InChI=1S/C21H19IN2O3S/c1-28(26,27)24(15-16-5-3-2-4-6-16)20-13-7-17(8-14-20)21(25)23-19-11-9-18(22)10-12-19/h2-14H,15H2,1H3,(H,23,25)/p+1. The summed E-state index contributed by atoms with van der Waals surface area (Å²) in [6.45, 7) is 0.246. The van der Waals surface area contributed by atoms with E-state index in [1.165, 1.54) is 10.6 Å². The summed E-state index contributed by atoms with van der Waals surface area (Å²) in [4.78, 5) is 2.94. The van der Waals surface area contributed by atoms with E-state index < -0.39 is 10.0 Å². The van der Waals surface area contributed by atoms with Crippen LogP contribution in [0, 0.1) is 3.57 Å². The monoisotopic (exact) mass is 507 g/mol. The highest BCUT2D eigenvalue weighted by Crippen LogP contribution is 2.21. The van der Waals surface area contributed by atoms with Crippen LogP contribution in [0.1, 0.15) is 11.1 Å². The average molecular weight is 507 g/mol. The van der Waals surface area contributed by atoms with Crippen molar-refractivity contribution in [1.29, 1.82) is 0 Å². The zero-order valence-corrected chi connectivity index (χ0v) is 18.2. The fraction of sp³-hybridized carbons (Fsp3) is 0.0952. The minimum atomic E-state index is -3.45. The van der Waals surface area contributed by atoms with Crippen molar-refractivity contribution in [2.24, 2.45) is 0 Å². The molecule has 3 aromatic carbocycles. The molecule has 0 radical (unpaired) electrons. The van der Waals surface area contributed by atoms with Crippen LogP contribution in [0.4, 0.5) is 11.4 Å². The first-order chi connectivity index (χ1) is 13.3. The molecule has 0 unspecified atom stereocenters. The minimum absolute atomic E-state index is 0.00160. The Hall–Kier alpha value is -2.39. The summed E-state index contributed by atoms with van der Waals surface area (Å²) in [5.41, 5.74) is 2.77. The van der Waals surface area contributed by atoms with E-state index in [0.29, 0.717) is 11.3 Å². The molecule has 28 heavy (non-hydrogen) atoms. The normalized spacial score (nSPS) is 12.0. The lowest BCUT2D eigenvalue weighted by molar-refractivity contribution is -0.364. The molecule has 0 saturated carbocycles. The van der Waals surface area contributed by atoms with Gasteiger partial charge in [-0.15, -0.1) is 0 Å². The maximum Gasteiger partial charge on any atom is 0.371 e. The van der Waals surface area contributed by atoms with E-state index in [1.54, 1.807) is 24.3 Å². The van der Waals surface area contributed by atoms with Gasteiger partial charge in [-0.25, -0.2) is 8.42 Å². The van der Waals surface area contributed by atoms with Gasteiger partial charge in [-0.1, -0.05) is 30.3 Å². The molecule has 0 fully saturated rings. The summed E-state index contributed by atoms with van der Waals surface area (Å²) in [6.07, 6.45) is 1.19. The molecule has 2 N–H and O–H groups in total. The molecule has 0 amide bonds. The molecular formula is C21H20IN2O3S+. The quantitative estimate of drug-likeness (QED) is 0.306. The lowest BCUT2D eigenvalue weighted by atomic mass is 10.2. The van der Waals surface area contributed by atoms with Crippen molar-refractivity contribution in [3.8, 4) is 0 Å². The van der Waals surface area contributed by atoms with Crippen LogP contribution in [0.2, 0.25) is 0 Å². The summed E-state index contributed by atoms with van der Waals surface area (Å²) in [5.74, 6) is 0.00160. The van der Waals surface area contributed by atoms with E-state index >= 15 is 0 Å². The SMILES string of the molecule is CS(=O)(=O)N(Cc1ccccc1)c1ccc(C(O)=[NH+]c2ccc(I)cc2)cc1. The van der Waals surface area contributed by atoms with Crippen molar-refractivity contribution in [2.45, 2.75) is 6.54 Å². The van der Waals surface area contributed by atoms with Crippen molar-refractivity contribution in [1.82, 2.24) is 0 Å². The van der Waals surface area contributed by atoms with Crippen LogP contribution in [-0.4, -0.2) is 25.7 Å². The van der Waals surface area contributed by atoms with Gasteiger partial charge in [-0.2, -0.15) is 4.99 Å². The molecule has 0 aliphatic heterocycles. The number of rotatable bonds is 6. The summed E-state index contributed by atoms with van der Waals surface area (Å²) in [6, 6.07) is 23.8. The first kappa shape index (κ1) is 20.3. The zero-order chi connectivity index (χ0) is 20.1. The lowest BCUT2D eigenvalue weighted by Crippen LogP contribution is -2.66. The summed E-state index contributed by atoms with van der Waals surface area (Å²) in [5, 5.41) is 10.3. The van der Waals surface area contributed by atoms with E-state index in [2.05, 4.69) is 27.6 Å². The molecule has 0 heterocycles. The molecule has 7 heteroatoms. The van der Waals surface area contributed by atoms with Gasteiger partial charge in [-0.3, -0.25) is 4.31 Å². The third-order valence-corrected chi connectivity index (χ3v) is 5.96. The number of aliphatic hydroxyl groups excluding tert-OH is 1. The van der Waals surface area contributed by atoms with Gasteiger partial charge < -0.3 is 5.11 Å². The van der Waals surface area contributed by atoms with Crippen molar-refractivity contribution in [2.75, 3.05) is 10.6 Å². The van der Waals surface area contributed by atoms with Gasteiger partial charge in [0.05, 0.1) is 24.1 Å². The maximum absolute atomic E-state index is 12.3. The molecule has 3 rings (SSSR count). The predicted octanol–water partition coefficient (Wildman–Crippen LogP) is 2.97. The second kappa shape index (κ2) is 8.74. The van der Waals surface area contributed by atoms with Crippen LogP contribution in [0.3, 0.4) is 0 Å². The fourth-order valence-electron chi connectivity index (χ4n) is 2.68. The average Bonchev–Trinajstić information content (AvgIpc) is 2.68. The summed E-state index contributed by atoms with van der Waals surface area (Å²) >= 11 is 2.21. The van der Waals surface area contributed by atoms with Gasteiger partial charge in [0, 0.05) is 15.7 Å². The van der Waals surface area contributed by atoms with Crippen LogP contribution >= 0.6 is 22.6 Å². The molecule has 5 nitrogen and oxygen atoms in total. The fourth-order valence-corrected chi connectivity index (χ4v) is 3.92. The Kier molecular flexibility index (Phi) is 6.35. The number of anilines is 1. The van der Waals surface area contributed by atoms with Crippen LogP contribution < -0.4 is 9.30 Å². The Morgan fingerprint density at radius 3 is 2.14 bits per heavy atom. The van der Waals surface area contributed by atoms with E-state index in [-0.39, 0.29) is 12.4 Å². The van der Waals surface area contributed by atoms with Gasteiger partial charge >= 0.3 is 5.90 Å². The number of aliphatic hydroxyl groups is 1. The largest absolute Gasteiger partial charge is 0.459 e. The van der Waals surface area contributed by atoms with Crippen LogP contribution in [0.5, 0.6) is 0 Å². The number of nitrogens with one attached hydrogen (secondary N) is 1. The van der Waals surface area contributed by atoms with Crippen molar-refractivity contribution in [3.05, 3.63) is 93.6 Å². The lowest BCUT2D eigenvalue weighted by Gasteiger charge is -2.22. The number of benzene rings is 3. The van der Waals surface area contributed by atoms with Crippen molar-refractivity contribution < 1.29 is 18.5 Å². The minimum Gasteiger partial charge on any atom is -0.459 e. The highest BCUT2D eigenvalue weighted by atomic mass is 127. The third kappa shape index (κ3) is 5.32. The van der Waals surface area contributed by atoms with Crippen LogP contribution in [0.15, 0.2) is 78.9 Å². The molecule has 0 spiro atoms. The van der Waals surface area contributed by atoms with E-state index in [9.17, 15) is 13.5 Å². The molecular weight excluding hydrogens is 487 g/mol. The maximum atomic E-state index is 12.3. The first-order valence-corrected chi connectivity index (χ1v) is 11.5. The van der Waals surface area contributed by atoms with Gasteiger partial charge in [0.1, 0.15) is 0 Å². The molecule has 0 aliphatic rings. The Morgan fingerprint density at radius 2 is 1.57 bits per heavy atom. The Bertz CT molecular complexity index is 1060. The van der Waals surface area contributed by atoms with E-state index in [4.69, 9.17) is 0 Å². The molecule has 0 bridgehead atoms. The summed E-state index contributed by atoms with van der Waals surface area (Å²) in [7, 11) is -3.45.